The summed E-state index contributed by atoms with van der Waals surface area (Å²) in [7, 11) is 1.80. The standard InChI is InChI=1S/C21H20ClN5O2/c1-4-26(5-2)20(28)18-17-15-7-6-13(22)12-16(15)25(3)19(17)21(29)27(24-18)14-8-10-23-11-9-14/h6-12H,4-5H2,1-3H3. The first-order chi connectivity index (χ1) is 14.0. The van der Waals surface area contributed by atoms with Gasteiger partial charge in [0, 0.05) is 48.3 Å². The van der Waals surface area contributed by atoms with Gasteiger partial charge in [-0.3, -0.25) is 14.6 Å². The van der Waals surface area contributed by atoms with Crippen LogP contribution in [-0.2, 0) is 7.05 Å². The molecule has 0 radical (unpaired) electrons. The molecule has 0 saturated carbocycles. The van der Waals surface area contributed by atoms with Crippen LogP contribution in [0.15, 0.2) is 47.5 Å². The van der Waals surface area contributed by atoms with Gasteiger partial charge in [0.1, 0.15) is 5.52 Å². The van der Waals surface area contributed by atoms with Gasteiger partial charge in [-0.25, -0.2) is 0 Å². The molecule has 4 aromatic rings. The number of carbonyl (C=O) groups excluding carboxylic acids is 1. The van der Waals surface area contributed by atoms with Crippen LogP contribution in [0.2, 0.25) is 5.02 Å². The van der Waals surface area contributed by atoms with Crippen LogP contribution in [0.5, 0.6) is 0 Å². The lowest BCUT2D eigenvalue weighted by Gasteiger charge is -2.19. The largest absolute Gasteiger partial charge is 0.339 e. The molecule has 3 aromatic heterocycles. The predicted molar refractivity (Wildman–Crippen MR) is 114 cm³/mol. The summed E-state index contributed by atoms with van der Waals surface area (Å²) in [6.45, 7) is 4.92. The normalized spacial score (nSPS) is 11.3. The van der Waals surface area contributed by atoms with Crippen LogP contribution < -0.4 is 5.56 Å². The first kappa shape index (κ1) is 19.1. The number of aryl methyl sites for hydroxylation is 1. The number of benzene rings is 1. The molecule has 0 aliphatic rings. The Morgan fingerprint density at radius 1 is 1.14 bits per heavy atom. The minimum absolute atomic E-state index is 0.217. The first-order valence-corrected chi connectivity index (χ1v) is 9.76. The van der Waals surface area contributed by atoms with Crippen LogP contribution in [0.1, 0.15) is 24.3 Å². The number of nitrogens with zero attached hydrogens (tertiary/aromatic N) is 5. The highest BCUT2D eigenvalue weighted by atomic mass is 35.5. The van der Waals surface area contributed by atoms with Gasteiger partial charge >= 0.3 is 0 Å². The average molecular weight is 410 g/mol. The summed E-state index contributed by atoms with van der Waals surface area (Å²) in [5.74, 6) is -0.217. The molecule has 4 rings (SSSR count). The second-order valence-electron chi connectivity index (χ2n) is 6.69. The number of hydrogen-bond donors (Lipinski definition) is 0. The van der Waals surface area contributed by atoms with Crippen molar-refractivity contribution >= 4 is 39.3 Å². The number of amides is 1. The van der Waals surface area contributed by atoms with Crippen LogP contribution in [0.3, 0.4) is 0 Å². The van der Waals surface area contributed by atoms with Gasteiger partial charge in [-0.15, -0.1) is 0 Å². The van der Waals surface area contributed by atoms with Gasteiger partial charge in [-0.1, -0.05) is 17.7 Å². The summed E-state index contributed by atoms with van der Waals surface area (Å²) in [6, 6.07) is 8.75. The number of halogens is 1. The van der Waals surface area contributed by atoms with Crippen LogP contribution in [-0.4, -0.2) is 43.2 Å². The SMILES string of the molecule is CCN(CC)C(=O)c1nn(-c2ccncc2)c(=O)c2c1c1ccc(Cl)cc1n2C. The fourth-order valence-electron chi connectivity index (χ4n) is 3.67. The van der Waals surface area contributed by atoms with Crippen molar-refractivity contribution in [1.29, 1.82) is 0 Å². The molecule has 1 aromatic carbocycles. The first-order valence-electron chi connectivity index (χ1n) is 9.38. The predicted octanol–water partition coefficient (Wildman–Crippen LogP) is 3.41. The van der Waals surface area contributed by atoms with Crippen molar-refractivity contribution in [2.24, 2.45) is 7.05 Å². The van der Waals surface area contributed by atoms with E-state index in [4.69, 9.17) is 11.6 Å². The summed E-state index contributed by atoms with van der Waals surface area (Å²) in [5.41, 5.74) is 1.66. The number of hydrogen-bond acceptors (Lipinski definition) is 4. The molecule has 1 amide bonds. The lowest BCUT2D eigenvalue weighted by molar-refractivity contribution is 0.0767. The average Bonchev–Trinajstić information content (AvgIpc) is 3.02. The fourth-order valence-corrected chi connectivity index (χ4v) is 3.83. The van der Waals surface area contributed by atoms with Crippen LogP contribution in [0, 0.1) is 0 Å². The van der Waals surface area contributed by atoms with E-state index in [0.29, 0.717) is 34.7 Å². The molecule has 0 fully saturated rings. The van der Waals surface area contributed by atoms with Crippen molar-refractivity contribution in [2.75, 3.05) is 13.1 Å². The topological polar surface area (TPSA) is 73.0 Å². The Bertz CT molecular complexity index is 1290. The van der Waals surface area contributed by atoms with Gasteiger partial charge in [-0.05, 0) is 38.1 Å². The molecular weight excluding hydrogens is 390 g/mol. The maximum absolute atomic E-state index is 13.4. The lowest BCUT2D eigenvalue weighted by atomic mass is 10.1. The van der Waals surface area contributed by atoms with E-state index in [0.717, 1.165) is 10.9 Å². The maximum atomic E-state index is 13.4. The smallest absolute Gasteiger partial charge is 0.296 e. The van der Waals surface area contributed by atoms with Crippen molar-refractivity contribution in [3.05, 3.63) is 63.8 Å². The van der Waals surface area contributed by atoms with E-state index in [2.05, 4.69) is 10.1 Å². The van der Waals surface area contributed by atoms with Crippen LogP contribution >= 0.6 is 11.6 Å². The van der Waals surface area contributed by atoms with Gasteiger partial charge in [0.2, 0.25) is 0 Å². The molecule has 0 spiro atoms. The van der Waals surface area contributed by atoms with Crippen LogP contribution in [0.4, 0.5) is 0 Å². The number of aromatic nitrogens is 4. The molecule has 148 valence electrons. The number of rotatable bonds is 4. The van der Waals surface area contributed by atoms with E-state index in [1.807, 2.05) is 19.9 Å². The monoisotopic (exact) mass is 409 g/mol. The zero-order valence-electron chi connectivity index (χ0n) is 16.4. The Labute approximate surface area is 172 Å². The second kappa shape index (κ2) is 7.33. The number of carbonyl (C=O) groups is 1. The molecule has 0 N–H and O–H groups in total. The minimum Gasteiger partial charge on any atom is -0.339 e. The third kappa shape index (κ3) is 2.98. The van der Waals surface area contributed by atoms with Gasteiger partial charge in [0.05, 0.1) is 11.2 Å². The fraction of sp³-hybridized carbons (Fsp3) is 0.238. The quantitative estimate of drug-likeness (QED) is 0.517. The molecule has 0 bridgehead atoms. The Hall–Kier alpha value is -3.19. The summed E-state index contributed by atoms with van der Waals surface area (Å²) < 4.78 is 3.04. The zero-order valence-corrected chi connectivity index (χ0v) is 17.1. The van der Waals surface area contributed by atoms with Crippen molar-refractivity contribution in [1.82, 2.24) is 24.2 Å². The molecular formula is C21H20ClN5O2. The highest BCUT2D eigenvalue weighted by Crippen LogP contribution is 2.31. The highest BCUT2D eigenvalue weighted by molar-refractivity contribution is 6.31. The number of pyridine rings is 1. The number of fused-ring (bicyclic) bond motifs is 3. The van der Waals surface area contributed by atoms with E-state index in [9.17, 15) is 9.59 Å². The van der Waals surface area contributed by atoms with E-state index < -0.39 is 0 Å². The van der Waals surface area contributed by atoms with Crippen molar-refractivity contribution in [3.8, 4) is 5.69 Å². The van der Waals surface area contributed by atoms with E-state index >= 15 is 0 Å². The van der Waals surface area contributed by atoms with E-state index in [-0.39, 0.29) is 17.2 Å². The maximum Gasteiger partial charge on any atom is 0.296 e. The molecule has 0 atom stereocenters. The summed E-state index contributed by atoms with van der Waals surface area (Å²) in [5, 5.41) is 6.39. The third-order valence-corrected chi connectivity index (χ3v) is 5.39. The third-order valence-electron chi connectivity index (χ3n) is 5.15. The van der Waals surface area contributed by atoms with Gasteiger partial charge in [0.15, 0.2) is 5.69 Å². The van der Waals surface area contributed by atoms with Crippen molar-refractivity contribution in [3.63, 3.8) is 0 Å². The Balaban J connectivity index is 2.18. The summed E-state index contributed by atoms with van der Waals surface area (Å²) in [4.78, 5) is 32.4. The molecule has 3 heterocycles. The molecule has 0 aliphatic heterocycles. The lowest BCUT2D eigenvalue weighted by Crippen LogP contribution is -2.34. The second-order valence-corrected chi connectivity index (χ2v) is 7.13. The Kier molecular flexibility index (Phi) is 4.84. The van der Waals surface area contributed by atoms with Crippen molar-refractivity contribution in [2.45, 2.75) is 13.8 Å². The molecule has 7 nitrogen and oxygen atoms in total. The highest BCUT2D eigenvalue weighted by Gasteiger charge is 2.25. The van der Waals surface area contributed by atoms with E-state index in [1.54, 1.807) is 53.2 Å². The van der Waals surface area contributed by atoms with Crippen LogP contribution in [0.25, 0.3) is 27.5 Å². The summed E-state index contributed by atoms with van der Waals surface area (Å²) in [6.07, 6.45) is 3.17. The summed E-state index contributed by atoms with van der Waals surface area (Å²) >= 11 is 6.19. The molecule has 8 heteroatoms. The van der Waals surface area contributed by atoms with E-state index in [1.165, 1.54) is 4.68 Å². The van der Waals surface area contributed by atoms with Gasteiger partial charge in [-0.2, -0.15) is 9.78 Å². The Morgan fingerprint density at radius 3 is 2.48 bits per heavy atom. The zero-order chi connectivity index (χ0) is 20.7. The minimum atomic E-state index is -0.308. The van der Waals surface area contributed by atoms with Gasteiger partial charge in [0.25, 0.3) is 11.5 Å². The Morgan fingerprint density at radius 2 is 1.83 bits per heavy atom. The molecule has 0 unspecified atom stereocenters. The molecule has 29 heavy (non-hydrogen) atoms. The molecule has 0 saturated heterocycles. The van der Waals surface area contributed by atoms with Gasteiger partial charge < -0.3 is 9.47 Å². The molecule has 0 aliphatic carbocycles. The van der Waals surface area contributed by atoms with Crippen molar-refractivity contribution < 1.29 is 4.79 Å².